The fourth-order valence-electron chi connectivity index (χ4n) is 3.43. The second kappa shape index (κ2) is 8.12. The number of carbonyl (C=O) groups excluding carboxylic acids is 1. The van der Waals surface area contributed by atoms with E-state index in [1.54, 1.807) is 29.2 Å². The number of likely N-dealkylation sites (tertiary alicyclic amines) is 1. The molecule has 4 N–H and O–H groups in total. The van der Waals surface area contributed by atoms with Crippen LogP contribution in [0.25, 0.3) is 11.1 Å². The van der Waals surface area contributed by atoms with Gasteiger partial charge in [-0.3, -0.25) is 14.8 Å². The third kappa shape index (κ3) is 4.96. The third-order valence-corrected chi connectivity index (χ3v) is 5.90. The molecule has 0 radical (unpaired) electrons. The Morgan fingerprint density at radius 3 is 1.89 bits per heavy atom. The van der Waals surface area contributed by atoms with Crippen molar-refractivity contribution >= 4 is 21.9 Å². The van der Waals surface area contributed by atoms with Crippen LogP contribution in [0.2, 0.25) is 0 Å². The van der Waals surface area contributed by atoms with E-state index >= 15 is 0 Å². The molecule has 1 aliphatic rings. The molecule has 1 aliphatic heterocycles. The summed E-state index contributed by atoms with van der Waals surface area (Å²) in [6, 6.07) is 14.6. The molecule has 7 nitrogen and oxygen atoms in total. The standard InChI is InChI=1S/C20H23N3O4S/c21-19(22)17-5-1-15(2-6-17)16-3-7-18(8-4-16)20(24)23-11-9-14(10-12-23)13-28(25,26)27/h1-8,14H,9-13H2,(H3,21,22)(H,25,26,27). The number of piperidine rings is 1. The Morgan fingerprint density at radius 2 is 1.46 bits per heavy atom. The molecule has 1 fully saturated rings. The first kappa shape index (κ1) is 20.0. The van der Waals surface area contributed by atoms with Crippen LogP contribution in [0.4, 0.5) is 0 Å². The molecule has 0 spiro atoms. The van der Waals surface area contributed by atoms with Gasteiger partial charge in [0.25, 0.3) is 16.0 Å². The minimum absolute atomic E-state index is 0.0212. The van der Waals surface area contributed by atoms with Crippen molar-refractivity contribution in [2.75, 3.05) is 18.8 Å². The van der Waals surface area contributed by atoms with Gasteiger partial charge in [0.05, 0.1) is 5.75 Å². The molecule has 8 heteroatoms. The fraction of sp³-hybridized carbons (Fsp3) is 0.300. The number of benzene rings is 2. The molecule has 148 valence electrons. The number of nitrogens with zero attached hydrogens (tertiary/aromatic N) is 1. The van der Waals surface area contributed by atoms with Gasteiger partial charge in [0.1, 0.15) is 5.84 Å². The lowest BCUT2D eigenvalue weighted by atomic mass is 9.98. The molecule has 0 saturated carbocycles. The molecule has 3 rings (SSSR count). The van der Waals surface area contributed by atoms with E-state index in [9.17, 15) is 13.2 Å². The van der Waals surface area contributed by atoms with Crippen molar-refractivity contribution in [1.29, 1.82) is 5.41 Å². The highest BCUT2D eigenvalue weighted by Gasteiger charge is 2.26. The van der Waals surface area contributed by atoms with E-state index in [4.69, 9.17) is 15.7 Å². The van der Waals surface area contributed by atoms with Crippen LogP contribution in [0.5, 0.6) is 0 Å². The summed E-state index contributed by atoms with van der Waals surface area (Å²) in [5, 5.41) is 7.43. The van der Waals surface area contributed by atoms with Gasteiger partial charge in [0, 0.05) is 24.2 Å². The van der Waals surface area contributed by atoms with E-state index < -0.39 is 10.1 Å². The van der Waals surface area contributed by atoms with Crippen molar-refractivity contribution < 1.29 is 17.8 Å². The molecule has 0 aromatic heterocycles. The molecule has 0 atom stereocenters. The van der Waals surface area contributed by atoms with Crippen LogP contribution in [-0.4, -0.2) is 48.5 Å². The molecule has 28 heavy (non-hydrogen) atoms. The topological polar surface area (TPSA) is 125 Å². The van der Waals surface area contributed by atoms with Crippen molar-refractivity contribution in [2.45, 2.75) is 12.8 Å². The van der Waals surface area contributed by atoms with E-state index in [0.717, 1.165) is 11.1 Å². The van der Waals surface area contributed by atoms with Crippen LogP contribution in [0.15, 0.2) is 48.5 Å². The van der Waals surface area contributed by atoms with Crippen LogP contribution in [0.3, 0.4) is 0 Å². The number of amidine groups is 1. The van der Waals surface area contributed by atoms with Gasteiger partial charge in [-0.25, -0.2) is 0 Å². The highest BCUT2D eigenvalue weighted by Crippen LogP contribution is 2.23. The Morgan fingerprint density at radius 1 is 1.00 bits per heavy atom. The summed E-state index contributed by atoms with van der Waals surface area (Å²) in [5.41, 5.74) is 8.63. The monoisotopic (exact) mass is 401 g/mol. The average molecular weight is 401 g/mol. The van der Waals surface area contributed by atoms with Crippen LogP contribution in [0, 0.1) is 11.3 Å². The van der Waals surface area contributed by atoms with Gasteiger partial charge in [0.15, 0.2) is 0 Å². The second-order valence-electron chi connectivity index (χ2n) is 7.05. The maximum Gasteiger partial charge on any atom is 0.265 e. The molecule has 1 saturated heterocycles. The first-order chi connectivity index (χ1) is 13.2. The lowest BCUT2D eigenvalue weighted by Crippen LogP contribution is -2.39. The minimum Gasteiger partial charge on any atom is -0.384 e. The summed E-state index contributed by atoms with van der Waals surface area (Å²) < 4.78 is 31.0. The van der Waals surface area contributed by atoms with E-state index in [2.05, 4.69) is 0 Å². The molecule has 2 aromatic carbocycles. The average Bonchev–Trinajstić information content (AvgIpc) is 2.67. The van der Waals surface area contributed by atoms with Gasteiger partial charge in [0.2, 0.25) is 0 Å². The molecule has 1 heterocycles. The van der Waals surface area contributed by atoms with E-state index in [1.165, 1.54) is 0 Å². The smallest absolute Gasteiger partial charge is 0.265 e. The van der Waals surface area contributed by atoms with Crippen LogP contribution in [0.1, 0.15) is 28.8 Å². The van der Waals surface area contributed by atoms with E-state index in [1.807, 2.05) is 24.3 Å². The zero-order valence-corrected chi connectivity index (χ0v) is 16.2. The number of amides is 1. The fourth-order valence-corrected chi connectivity index (χ4v) is 4.36. The number of rotatable bonds is 5. The van der Waals surface area contributed by atoms with Gasteiger partial charge in [-0.15, -0.1) is 0 Å². The third-order valence-electron chi connectivity index (χ3n) is 5.01. The maximum atomic E-state index is 12.7. The number of nitrogens with one attached hydrogen (secondary N) is 1. The zero-order valence-electron chi connectivity index (χ0n) is 15.3. The van der Waals surface area contributed by atoms with Crippen molar-refractivity contribution in [3.05, 3.63) is 59.7 Å². The maximum absolute atomic E-state index is 12.7. The molecule has 2 aromatic rings. The second-order valence-corrected chi connectivity index (χ2v) is 8.55. The Bertz CT molecular complexity index is 962. The van der Waals surface area contributed by atoms with Crippen molar-refractivity contribution in [3.63, 3.8) is 0 Å². The summed E-state index contributed by atoms with van der Waals surface area (Å²) in [5.74, 6) is -0.414. The van der Waals surface area contributed by atoms with Crippen molar-refractivity contribution in [3.8, 4) is 11.1 Å². The Hall–Kier alpha value is -2.71. The molecular formula is C20H23N3O4S. The summed E-state index contributed by atoms with van der Waals surface area (Å²) in [6.45, 7) is 0.959. The quantitative estimate of drug-likeness (QED) is 0.403. The van der Waals surface area contributed by atoms with Gasteiger partial charge in [-0.2, -0.15) is 8.42 Å². The first-order valence-corrected chi connectivity index (χ1v) is 10.6. The minimum atomic E-state index is -3.97. The predicted molar refractivity (Wildman–Crippen MR) is 108 cm³/mol. The van der Waals surface area contributed by atoms with Gasteiger partial charge < -0.3 is 10.6 Å². The van der Waals surface area contributed by atoms with Gasteiger partial charge in [-0.05, 0) is 42.0 Å². The van der Waals surface area contributed by atoms with Crippen LogP contribution in [-0.2, 0) is 10.1 Å². The highest BCUT2D eigenvalue weighted by molar-refractivity contribution is 7.85. The SMILES string of the molecule is N=C(N)c1ccc(-c2ccc(C(=O)N3CCC(CS(=O)(=O)O)CC3)cc2)cc1. The van der Waals surface area contributed by atoms with Crippen molar-refractivity contribution in [2.24, 2.45) is 11.7 Å². The number of nitrogen functional groups attached to an aromatic ring is 1. The number of nitrogens with two attached hydrogens (primary N) is 1. The predicted octanol–water partition coefficient (Wildman–Crippen LogP) is 2.38. The summed E-state index contributed by atoms with van der Waals surface area (Å²) in [6.07, 6.45) is 1.12. The summed E-state index contributed by atoms with van der Waals surface area (Å²) in [7, 11) is -3.97. The highest BCUT2D eigenvalue weighted by atomic mass is 32.2. The van der Waals surface area contributed by atoms with E-state index in [-0.39, 0.29) is 23.4 Å². The van der Waals surface area contributed by atoms with Crippen LogP contribution < -0.4 is 5.73 Å². The number of hydrogen-bond acceptors (Lipinski definition) is 4. The zero-order chi connectivity index (χ0) is 20.3. The Kier molecular flexibility index (Phi) is 5.81. The molecular weight excluding hydrogens is 378 g/mol. The molecule has 0 aliphatic carbocycles. The number of carbonyl (C=O) groups is 1. The largest absolute Gasteiger partial charge is 0.384 e. The number of hydrogen-bond donors (Lipinski definition) is 3. The van der Waals surface area contributed by atoms with Gasteiger partial charge >= 0.3 is 0 Å². The van der Waals surface area contributed by atoms with Crippen LogP contribution >= 0.6 is 0 Å². The molecule has 0 bridgehead atoms. The van der Waals surface area contributed by atoms with Gasteiger partial charge in [-0.1, -0.05) is 36.4 Å². The molecule has 1 amide bonds. The lowest BCUT2D eigenvalue weighted by Gasteiger charge is -2.31. The van der Waals surface area contributed by atoms with Crippen molar-refractivity contribution in [1.82, 2.24) is 4.90 Å². The first-order valence-electron chi connectivity index (χ1n) is 9.02. The summed E-state index contributed by atoms with van der Waals surface area (Å²) >= 11 is 0. The normalized spacial score (nSPS) is 15.4. The molecule has 0 unspecified atom stereocenters. The lowest BCUT2D eigenvalue weighted by molar-refractivity contribution is 0.0698. The Labute approximate surface area is 164 Å². The summed E-state index contributed by atoms with van der Waals surface area (Å²) in [4.78, 5) is 14.4. The van der Waals surface area contributed by atoms with E-state index in [0.29, 0.717) is 37.1 Å². The Balaban J connectivity index is 1.63.